The number of ether oxygens (including phenoxy) is 1. The number of amides is 2. The number of oxime groups is 1. The lowest BCUT2D eigenvalue weighted by Gasteiger charge is -2.39. The molecule has 2 fully saturated rings. The zero-order valence-corrected chi connectivity index (χ0v) is 22.5. The molecule has 0 unspecified atom stereocenters. The average molecular weight is 551 g/mol. The van der Waals surface area contributed by atoms with E-state index < -0.39 is 15.7 Å². The van der Waals surface area contributed by atoms with E-state index in [4.69, 9.17) is 9.57 Å². The summed E-state index contributed by atoms with van der Waals surface area (Å²) in [6.07, 6.45) is 4.43. The van der Waals surface area contributed by atoms with E-state index in [1.807, 2.05) is 11.8 Å². The van der Waals surface area contributed by atoms with E-state index in [1.54, 1.807) is 13.1 Å². The Morgan fingerprint density at radius 2 is 2.08 bits per heavy atom. The van der Waals surface area contributed by atoms with Crippen LogP contribution in [-0.2, 0) is 35.5 Å². The number of thiazole rings is 1. The molecule has 12 nitrogen and oxygen atoms in total. The van der Waals surface area contributed by atoms with Crippen molar-refractivity contribution in [2.45, 2.75) is 44.0 Å². The molecule has 37 heavy (non-hydrogen) atoms. The average Bonchev–Trinajstić information content (AvgIpc) is 3.51. The van der Waals surface area contributed by atoms with Gasteiger partial charge in [0.15, 0.2) is 31.8 Å². The highest BCUT2D eigenvalue weighted by Crippen LogP contribution is 2.22. The molecule has 0 spiro atoms. The Hall–Kier alpha value is -2.94. The highest BCUT2D eigenvalue weighted by molar-refractivity contribution is 7.90. The van der Waals surface area contributed by atoms with Crippen molar-refractivity contribution in [1.29, 1.82) is 0 Å². The van der Waals surface area contributed by atoms with E-state index >= 15 is 0 Å². The van der Waals surface area contributed by atoms with E-state index in [-0.39, 0.29) is 28.8 Å². The summed E-state index contributed by atoms with van der Waals surface area (Å²) in [6, 6.07) is 2.91. The van der Waals surface area contributed by atoms with Crippen molar-refractivity contribution in [3.05, 3.63) is 35.0 Å². The van der Waals surface area contributed by atoms with Gasteiger partial charge in [0.05, 0.1) is 13.2 Å². The normalized spacial score (nSPS) is 21.2. The maximum absolute atomic E-state index is 13.2. The Morgan fingerprint density at radius 3 is 2.70 bits per heavy atom. The van der Waals surface area contributed by atoms with Crippen molar-refractivity contribution < 1.29 is 27.6 Å². The number of nitrogens with one attached hydrogen (secondary N) is 1. The lowest BCUT2D eigenvalue weighted by atomic mass is 10.2. The van der Waals surface area contributed by atoms with E-state index in [2.05, 4.69) is 25.3 Å². The first kappa shape index (κ1) is 27.1. The van der Waals surface area contributed by atoms with Gasteiger partial charge in [-0.2, -0.15) is 0 Å². The van der Waals surface area contributed by atoms with Gasteiger partial charge in [-0.05, 0) is 19.1 Å². The number of carbonyl (C=O) groups excluding carboxylic acids is 2. The highest BCUT2D eigenvalue weighted by Gasteiger charge is 2.26. The Kier molecular flexibility index (Phi) is 8.52. The third-order valence-corrected chi connectivity index (χ3v) is 7.95. The second-order valence-corrected chi connectivity index (χ2v) is 12.1. The number of rotatable bonds is 8. The number of piperazine rings is 1. The van der Waals surface area contributed by atoms with E-state index in [1.165, 1.54) is 29.7 Å². The molecule has 0 saturated carbocycles. The number of hydrogen-bond donors (Lipinski definition) is 1. The fourth-order valence-electron chi connectivity index (χ4n) is 4.15. The fourth-order valence-corrected chi connectivity index (χ4v) is 5.56. The largest absolute Gasteiger partial charge is 0.389 e. The number of anilines is 1. The summed E-state index contributed by atoms with van der Waals surface area (Å²) in [6.45, 7) is 7.40. The summed E-state index contributed by atoms with van der Waals surface area (Å²) >= 11 is 1.35. The van der Waals surface area contributed by atoms with Crippen LogP contribution in [0.5, 0.6) is 0 Å². The molecule has 4 rings (SSSR count). The van der Waals surface area contributed by atoms with Crippen molar-refractivity contribution >= 4 is 43.8 Å². The molecule has 2 aliphatic heterocycles. The second kappa shape index (κ2) is 11.6. The van der Waals surface area contributed by atoms with Crippen LogP contribution in [0.2, 0.25) is 0 Å². The van der Waals surface area contributed by atoms with Crippen LogP contribution in [-0.4, -0.2) is 97.0 Å². The molecule has 0 bridgehead atoms. The van der Waals surface area contributed by atoms with Crippen LogP contribution in [0.4, 0.5) is 5.13 Å². The molecular weight excluding hydrogens is 520 g/mol. The van der Waals surface area contributed by atoms with Crippen molar-refractivity contribution in [3.8, 4) is 0 Å². The van der Waals surface area contributed by atoms with Crippen LogP contribution < -0.4 is 5.32 Å². The molecule has 200 valence electrons. The van der Waals surface area contributed by atoms with Gasteiger partial charge in [-0.15, -0.1) is 11.3 Å². The third kappa shape index (κ3) is 7.09. The monoisotopic (exact) mass is 550 g/mol. The van der Waals surface area contributed by atoms with Gasteiger partial charge in [0.25, 0.3) is 5.91 Å². The van der Waals surface area contributed by atoms with Crippen LogP contribution in [0.1, 0.15) is 30.7 Å². The first-order valence-electron chi connectivity index (χ1n) is 11.8. The number of pyridine rings is 1. The van der Waals surface area contributed by atoms with Crippen LogP contribution in [0, 0.1) is 0 Å². The van der Waals surface area contributed by atoms with Crippen molar-refractivity contribution in [3.63, 3.8) is 0 Å². The smallest absolute Gasteiger partial charge is 0.280 e. The Balaban J connectivity index is 1.44. The summed E-state index contributed by atoms with van der Waals surface area (Å²) in [5, 5.41) is 7.11. The maximum Gasteiger partial charge on any atom is 0.280 e. The fraction of sp³-hybridized carbons (Fsp3) is 0.522. The number of hydrogen-bond acceptors (Lipinski definition) is 11. The molecule has 2 aromatic heterocycles. The van der Waals surface area contributed by atoms with E-state index in [0.29, 0.717) is 43.4 Å². The Bertz CT molecular complexity index is 1260. The van der Waals surface area contributed by atoms with Gasteiger partial charge in [0, 0.05) is 74.7 Å². The number of sulfone groups is 1. The molecule has 1 N–H and O–H groups in total. The van der Waals surface area contributed by atoms with E-state index in [9.17, 15) is 18.0 Å². The standard InChI is InChI=1S/C23H30N6O6S2/c1-15-12-28(7-8-29(15)16(2)30)13-19-11-25-23(36-19)26-22(31)21(27-35-18-6-9-34-14-18)17-4-5-20(24-10-17)37(3,32)33/h4-5,10-11,15,18H,6-9,12-14H2,1-3H3,(H,25,26,31)/t15-,18+/m0/s1. The summed E-state index contributed by atoms with van der Waals surface area (Å²) in [5.74, 6) is -0.476. The molecule has 0 radical (unpaired) electrons. The third-order valence-electron chi connectivity index (χ3n) is 6.06. The SMILES string of the molecule is CC(=O)N1CCN(Cc2cnc(NC(=O)C(=NO[C@@H]3CCOC3)c3ccc(S(C)(=O)=O)nc3)s2)C[C@@H]1C. The minimum absolute atomic E-state index is 0.0506. The second-order valence-electron chi connectivity index (χ2n) is 9.07. The molecular formula is C23H30N6O6S2. The van der Waals surface area contributed by atoms with Gasteiger partial charge in [0.2, 0.25) is 5.91 Å². The quantitative estimate of drug-likeness (QED) is 0.378. The van der Waals surface area contributed by atoms with E-state index in [0.717, 1.165) is 24.2 Å². The van der Waals surface area contributed by atoms with Crippen LogP contribution in [0.15, 0.2) is 34.7 Å². The van der Waals surface area contributed by atoms with Crippen molar-refractivity contribution in [1.82, 2.24) is 19.8 Å². The lowest BCUT2D eigenvalue weighted by molar-refractivity contribution is -0.133. The predicted molar refractivity (Wildman–Crippen MR) is 137 cm³/mol. The number of aromatic nitrogens is 2. The van der Waals surface area contributed by atoms with Gasteiger partial charge in [0.1, 0.15) is 0 Å². The van der Waals surface area contributed by atoms with Gasteiger partial charge in [-0.25, -0.2) is 18.4 Å². The molecule has 2 atom stereocenters. The molecule has 2 aliphatic rings. The molecule has 2 amide bonds. The summed E-state index contributed by atoms with van der Waals surface area (Å²) < 4.78 is 28.8. The summed E-state index contributed by atoms with van der Waals surface area (Å²) in [4.78, 5) is 43.8. The van der Waals surface area contributed by atoms with Gasteiger partial charge in [-0.3, -0.25) is 19.8 Å². The number of nitrogens with zero attached hydrogens (tertiary/aromatic N) is 5. The molecule has 0 aromatic carbocycles. The highest BCUT2D eigenvalue weighted by atomic mass is 32.2. The molecule has 0 aliphatic carbocycles. The van der Waals surface area contributed by atoms with Crippen LogP contribution in [0.25, 0.3) is 0 Å². The molecule has 2 aromatic rings. The van der Waals surface area contributed by atoms with Crippen molar-refractivity contribution in [2.75, 3.05) is 44.4 Å². The lowest BCUT2D eigenvalue weighted by Crippen LogP contribution is -2.52. The van der Waals surface area contributed by atoms with Crippen LogP contribution >= 0.6 is 11.3 Å². The minimum Gasteiger partial charge on any atom is -0.389 e. The number of carbonyl (C=O) groups is 2. The zero-order valence-electron chi connectivity index (χ0n) is 20.9. The summed E-state index contributed by atoms with van der Waals surface area (Å²) in [7, 11) is -3.49. The zero-order chi connectivity index (χ0) is 26.6. The van der Waals surface area contributed by atoms with Gasteiger partial charge >= 0.3 is 0 Å². The topological polar surface area (TPSA) is 143 Å². The first-order chi connectivity index (χ1) is 17.6. The Labute approximate surface area is 219 Å². The van der Waals surface area contributed by atoms with Gasteiger partial charge < -0.3 is 14.5 Å². The first-order valence-corrected chi connectivity index (χ1v) is 14.5. The summed E-state index contributed by atoms with van der Waals surface area (Å²) in [5.41, 5.74) is 0.253. The van der Waals surface area contributed by atoms with Gasteiger partial charge in [-0.1, -0.05) is 5.16 Å². The predicted octanol–water partition coefficient (Wildman–Crippen LogP) is 1.14. The van der Waals surface area contributed by atoms with Crippen LogP contribution in [0.3, 0.4) is 0 Å². The molecule has 2 saturated heterocycles. The van der Waals surface area contributed by atoms with Crippen molar-refractivity contribution in [2.24, 2.45) is 5.16 Å². The molecule has 14 heteroatoms. The maximum atomic E-state index is 13.2. The minimum atomic E-state index is -3.49. The molecule has 4 heterocycles. The Morgan fingerprint density at radius 1 is 1.27 bits per heavy atom.